The molecule has 7 heteroatoms. The van der Waals surface area contributed by atoms with E-state index in [0.29, 0.717) is 23.9 Å². The van der Waals surface area contributed by atoms with Gasteiger partial charge in [0.2, 0.25) is 0 Å². The van der Waals surface area contributed by atoms with Crippen LogP contribution in [-0.4, -0.2) is 41.3 Å². The van der Waals surface area contributed by atoms with Crippen molar-refractivity contribution in [2.75, 3.05) is 20.7 Å². The normalized spacial score (nSPS) is 10.9. The van der Waals surface area contributed by atoms with E-state index in [2.05, 4.69) is 17.0 Å². The van der Waals surface area contributed by atoms with Gasteiger partial charge in [0.1, 0.15) is 12.4 Å². The average Bonchev–Trinajstić information content (AvgIpc) is 2.74. The molecule has 0 radical (unpaired) electrons. The summed E-state index contributed by atoms with van der Waals surface area (Å²) in [6, 6.07) is 14.8. The molecule has 0 aliphatic carbocycles. The number of nitrogens with zero attached hydrogens (tertiary/aromatic N) is 3. The maximum absolute atomic E-state index is 12.8. The SMILES string of the molecule is C=CCOc1ccc(CN(C)Cn2nc(C(=O)NC)c3ccccc3c2=O)cc1. The van der Waals surface area contributed by atoms with E-state index in [4.69, 9.17) is 4.74 Å². The molecule has 0 bridgehead atoms. The number of carbonyl (C=O) groups is 1. The molecule has 0 saturated carbocycles. The van der Waals surface area contributed by atoms with Gasteiger partial charge in [0.25, 0.3) is 11.5 Å². The molecular weight excluding hydrogens is 368 g/mol. The second-order valence-electron chi connectivity index (χ2n) is 6.68. The second-order valence-corrected chi connectivity index (χ2v) is 6.68. The fourth-order valence-electron chi connectivity index (χ4n) is 3.05. The highest BCUT2D eigenvalue weighted by atomic mass is 16.5. The zero-order chi connectivity index (χ0) is 20.8. The third kappa shape index (κ3) is 4.70. The minimum Gasteiger partial charge on any atom is -0.490 e. The van der Waals surface area contributed by atoms with Crippen LogP contribution in [0.3, 0.4) is 0 Å². The van der Waals surface area contributed by atoms with Gasteiger partial charge < -0.3 is 10.1 Å². The lowest BCUT2D eigenvalue weighted by Crippen LogP contribution is -2.34. The van der Waals surface area contributed by atoms with Crippen LogP contribution in [0.4, 0.5) is 0 Å². The molecule has 2 aromatic carbocycles. The molecule has 1 N–H and O–H groups in total. The molecule has 0 unspecified atom stereocenters. The Balaban J connectivity index is 1.82. The van der Waals surface area contributed by atoms with Crippen LogP contribution in [0.15, 0.2) is 66.0 Å². The molecule has 0 aliphatic heterocycles. The summed E-state index contributed by atoms with van der Waals surface area (Å²) in [6.45, 7) is 4.95. The van der Waals surface area contributed by atoms with E-state index in [0.717, 1.165) is 11.3 Å². The third-order valence-corrected chi connectivity index (χ3v) is 4.43. The van der Waals surface area contributed by atoms with Crippen LogP contribution in [-0.2, 0) is 13.2 Å². The van der Waals surface area contributed by atoms with Crippen molar-refractivity contribution in [2.24, 2.45) is 0 Å². The van der Waals surface area contributed by atoms with Gasteiger partial charge in [-0.3, -0.25) is 14.5 Å². The Hall–Kier alpha value is -3.45. The second kappa shape index (κ2) is 9.16. The van der Waals surface area contributed by atoms with Crippen LogP contribution in [0.25, 0.3) is 10.8 Å². The lowest BCUT2D eigenvalue weighted by atomic mass is 10.1. The summed E-state index contributed by atoms with van der Waals surface area (Å²) >= 11 is 0. The van der Waals surface area contributed by atoms with E-state index < -0.39 is 0 Å². The number of hydrogen-bond donors (Lipinski definition) is 1. The smallest absolute Gasteiger partial charge is 0.275 e. The maximum Gasteiger partial charge on any atom is 0.275 e. The Morgan fingerprint density at radius 2 is 1.90 bits per heavy atom. The number of fused-ring (bicyclic) bond motifs is 1. The largest absolute Gasteiger partial charge is 0.490 e. The van der Waals surface area contributed by atoms with Gasteiger partial charge >= 0.3 is 0 Å². The van der Waals surface area contributed by atoms with Gasteiger partial charge in [-0.25, -0.2) is 4.68 Å². The summed E-state index contributed by atoms with van der Waals surface area (Å²) in [5, 5.41) is 7.92. The van der Waals surface area contributed by atoms with E-state index in [1.807, 2.05) is 36.2 Å². The van der Waals surface area contributed by atoms with E-state index in [9.17, 15) is 9.59 Å². The topological polar surface area (TPSA) is 76.5 Å². The number of carbonyl (C=O) groups excluding carboxylic acids is 1. The molecule has 150 valence electrons. The summed E-state index contributed by atoms with van der Waals surface area (Å²) in [5.41, 5.74) is 1.08. The maximum atomic E-state index is 12.8. The summed E-state index contributed by atoms with van der Waals surface area (Å²) < 4.78 is 6.82. The molecule has 1 amide bonds. The van der Waals surface area contributed by atoms with Gasteiger partial charge in [0.05, 0.1) is 12.1 Å². The Labute approximate surface area is 169 Å². The monoisotopic (exact) mass is 392 g/mol. The van der Waals surface area contributed by atoms with Gasteiger partial charge in [-0.1, -0.05) is 43.0 Å². The Morgan fingerprint density at radius 3 is 2.55 bits per heavy atom. The first-order valence-electron chi connectivity index (χ1n) is 9.26. The highest BCUT2D eigenvalue weighted by Gasteiger charge is 2.16. The molecule has 0 atom stereocenters. The van der Waals surface area contributed by atoms with Gasteiger partial charge in [0.15, 0.2) is 5.69 Å². The molecule has 29 heavy (non-hydrogen) atoms. The molecule has 0 spiro atoms. The summed E-state index contributed by atoms with van der Waals surface area (Å²) in [6.07, 6.45) is 1.70. The first kappa shape index (κ1) is 20.3. The van der Waals surface area contributed by atoms with Crippen molar-refractivity contribution in [1.29, 1.82) is 0 Å². The Bertz CT molecular complexity index is 1070. The average molecular weight is 392 g/mol. The number of aromatic nitrogens is 2. The first-order chi connectivity index (χ1) is 14.0. The number of hydrogen-bond acceptors (Lipinski definition) is 5. The van der Waals surface area contributed by atoms with E-state index >= 15 is 0 Å². The molecular formula is C22H24N4O3. The third-order valence-electron chi connectivity index (χ3n) is 4.43. The van der Waals surface area contributed by atoms with Gasteiger partial charge in [-0.2, -0.15) is 5.10 Å². The van der Waals surface area contributed by atoms with Crippen LogP contribution < -0.4 is 15.6 Å². The first-order valence-corrected chi connectivity index (χ1v) is 9.26. The molecule has 3 aromatic rings. The zero-order valence-corrected chi connectivity index (χ0v) is 16.6. The predicted octanol–water partition coefficient (Wildman–Crippen LogP) is 2.41. The lowest BCUT2D eigenvalue weighted by molar-refractivity contribution is 0.0956. The van der Waals surface area contributed by atoms with E-state index in [1.165, 1.54) is 4.68 Å². The van der Waals surface area contributed by atoms with Crippen LogP contribution >= 0.6 is 0 Å². The summed E-state index contributed by atoms with van der Waals surface area (Å²) in [4.78, 5) is 27.1. The van der Waals surface area contributed by atoms with Crippen LogP contribution in [0.1, 0.15) is 16.1 Å². The molecule has 1 aromatic heterocycles. The highest BCUT2D eigenvalue weighted by molar-refractivity contribution is 6.04. The zero-order valence-electron chi connectivity index (χ0n) is 16.6. The number of rotatable bonds is 8. The van der Waals surface area contributed by atoms with Crippen molar-refractivity contribution in [3.05, 3.63) is 82.8 Å². The molecule has 0 fully saturated rings. The molecule has 7 nitrogen and oxygen atoms in total. The van der Waals surface area contributed by atoms with E-state index in [1.54, 1.807) is 37.4 Å². The Morgan fingerprint density at radius 1 is 1.21 bits per heavy atom. The van der Waals surface area contributed by atoms with Crippen LogP contribution in [0, 0.1) is 0 Å². The van der Waals surface area contributed by atoms with Crippen LogP contribution in [0.2, 0.25) is 0 Å². The van der Waals surface area contributed by atoms with Gasteiger partial charge in [0, 0.05) is 19.0 Å². The van der Waals surface area contributed by atoms with Crippen molar-refractivity contribution in [3.8, 4) is 5.75 Å². The van der Waals surface area contributed by atoms with Crippen molar-refractivity contribution in [3.63, 3.8) is 0 Å². The fourth-order valence-corrected chi connectivity index (χ4v) is 3.05. The van der Waals surface area contributed by atoms with Crippen molar-refractivity contribution in [1.82, 2.24) is 20.0 Å². The number of nitrogens with one attached hydrogen (secondary N) is 1. The molecule has 3 rings (SSSR count). The predicted molar refractivity (Wildman–Crippen MR) is 113 cm³/mol. The molecule has 0 saturated heterocycles. The number of benzene rings is 2. The number of amides is 1. The summed E-state index contributed by atoms with van der Waals surface area (Å²) in [7, 11) is 3.44. The molecule has 0 aliphatic rings. The van der Waals surface area contributed by atoms with Crippen molar-refractivity contribution in [2.45, 2.75) is 13.2 Å². The lowest BCUT2D eigenvalue weighted by Gasteiger charge is -2.19. The standard InChI is InChI=1S/C22H24N4O3/c1-4-13-29-17-11-9-16(10-12-17)14-25(3)15-26-22(28)19-8-6-5-7-18(19)20(24-26)21(27)23-2/h4-12H,1,13-15H2,2-3H3,(H,23,27). The highest BCUT2D eigenvalue weighted by Crippen LogP contribution is 2.15. The van der Waals surface area contributed by atoms with E-state index in [-0.39, 0.29) is 23.8 Å². The van der Waals surface area contributed by atoms with Crippen LogP contribution in [0.5, 0.6) is 5.75 Å². The quantitative estimate of drug-likeness (QED) is 0.596. The van der Waals surface area contributed by atoms with Gasteiger partial charge in [-0.15, -0.1) is 0 Å². The minimum absolute atomic E-state index is 0.228. The van der Waals surface area contributed by atoms with Crippen molar-refractivity contribution >= 4 is 16.7 Å². The van der Waals surface area contributed by atoms with Crippen molar-refractivity contribution < 1.29 is 9.53 Å². The fraction of sp³-hybridized carbons (Fsp3) is 0.227. The van der Waals surface area contributed by atoms with Gasteiger partial charge in [-0.05, 0) is 30.8 Å². The summed E-state index contributed by atoms with van der Waals surface area (Å²) in [5.74, 6) is 0.451. The number of ether oxygens (including phenoxy) is 1. The minimum atomic E-state index is -0.326. The Kier molecular flexibility index (Phi) is 6.41. The molecule has 1 heterocycles.